The minimum Gasteiger partial charge on any atom is -0.368 e. The highest BCUT2D eigenvalue weighted by Crippen LogP contribution is 2.33. The van der Waals surface area contributed by atoms with Crippen molar-refractivity contribution in [2.75, 3.05) is 31.1 Å². The van der Waals surface area contributed by atoms with Gasteiger partial charge in [-0.1, -0.05) is 30.3 Å². The Morgan fingerprint density at radius 1 is 1.07 bits per heavy atom. The second-order valence-electron chi connectivity index (χ2n) is 7.66. The molecule has 1 saturated heterocycles. The van der Waals surface area contributed by atoms with E-state index in [9.17, 15) is 4.39 Å². The highest BCUT2D eigenvalue weighted by atomic mass is 19.1. The van der Waals surface area contributed by atoms with E-state index in [1.165, 1.54) is 11.3 Å². The molecule has 0 unspecified atom stereocenters. The van der Waals surface area contributed by atoms with Gasteiger partial charge in [-0.3, -0.25) is 0 Å². The van der Waals surface area contributed by atoms with Crippen molar-refractivity contribution in [1.82, 2.24) is 4.90 Å². The number of likely N-dealkylation sites (tertiary alicyclic amines) is 1. The first-order valence-corrected chi connectivity index (χ1v) is 9.96. The van der Waals surface area contributed by atoms with Crippen LogP contribution in [0.1, 0.15) is 29.5 Å². The topological polar surface area (TPSA) is 30.3 Å². The minimum atomic E-state index is -0.0887. The van der Waals surface area contributed by atoms with Crippen LogP contribution in [-0.2, 0) is 19.3 Å². The normalized spacial score (nSPS) is 17.7. The van der Waals surface area contributed by atoms with Crippen molar-refractivity contribution in [3.05, 3.63) is 65.0 Å². The van der Waals surface area contributed by atoms with E-state index in [1.54, 1.807) is 12.1 Å². The molecule has 1 fully saturated rings. The molecule has 2 aromatic carbocycles. The van der Waals surface area contributed by atoms with Crippen LogP contribution in [-0.4, -0.2) is 37.1 Å². The first-order chi connectivity index (χ1) is 13.2. The first kappa shape index (κ1) is 18.0. The number of nitriles is 1. The molecule has 27 heavy (non-hydrogen) atoms. The molecule has 2 aliphatic heterocycles. The molecule has 0 radical (unpaired) electrons. The lowest BCUT2D eigenvalue weighted by molar-refractivity contribution is 0.211. The summed E-state index contributed by atoms with van der Waals surface area (Å²) in [4.78, 5) is 5.02. The van der Waals surface area contributed by atoms with Gasteiger partial charge in [-0.05, 0) is 54.5 Å². The lowest BCUT2D eigenvalue weighted by atomic mass is 10.0. The number of piperidine rings is 1. The fraction of sp³-hybridized carbons (Fsp3) is 0.435. The maximum absolute atomic E-state index is 13.8. The second-order valence-corrected chi connectivity index (χ2v) is 7.66. The molecule has 2 aliphatic rings. The maximum atomic E-state index is 13.8. The summed E-state index contributed by atoms with van der Waals surface area (Å²) in [5, 5.41) is 8.97. The Hall–Kier alpha value is -2.38. The monoisotopic (exact) mass is 363 g/mol. The molecular formula is C23H26FN3. The zero-order valence-corrected chi connectivity index (χ0v) is 15.7. The summed E-state index contributed by atoms with van der Waals surface area (Å²) >= 11 is 0. The van der Waals surface area contributed by atoms with Gasteiger partial charge in [0.2, 0.25) is 0 Å². The molecule has 2 heterocycles. The molecule has 0 atom stereocenters. The molecule has 0 bridgehead atoms. The lowest BCUT2D eigenvalue weighted by Gasteiger charge is -2.38. The van der Waals surface area contributed by atoms with E-state index in [-0.39, 0.29) is 5.82 Å². The standard InChI is InChI=1S/C23H26FN3/c24-22-4-2-1-3-19(22)8-13-26-14-10-21(11-15-26)27-16-9-20-6-5-18(7-12-25)17-23(20)27/h1-6,17,21H,7-11,13-16H2. The summed E-state index contributed by atoms with van der Waals surface area (Å²) in [6, 6.07) is 16.4. The number of hydrogen-bond donors (Lipinski definition) is 0. The van der Waals surface area contributed by atoms with Gasteiger partial charge < -0.3 is 9.80 Å². The highest BCUT2D eigenvalue weighted by molar-refractivity contribution is 5.60. The van der Waals surface area contributed by atoms with Gasteiger partial charge in [0, 0.05) is 37.9 Å². The van der Waals surface area contributed by atoms with E-state index < -0.39 is 0 Å². The Morgan fingerprint density at radius 3 is 2.67 bits per heavy atom. The third-order valence-electron chi connectivity index (χ3n) is 6.02. The number of benzene rings is 2. The number of halogens is 1. The Kier molecular flexibility index (Phi) is 5.40. The Balaban J connectivity index is 1.33. The van der Waals surface area contributed by atoms with Gasteiger partial charge in [-0.2, -0.15) is 5.26 Å². The van der Waals surface area contributed by atoms with E-state index in [1.807, 2.05) is 12.1 Å². The Labute approximate surface area is 161 Å². The number of nitrogens with zero attached hydrogens (tertiary/aromatic N) is 3. The largest absolute Gasteiger partial charge is 0.368 e. The molecule has 0 aliphatic carbocycles. The molecule has 140 valence electrons. The molecule has 0 amide bonds. The van der Waals surface area contributed by atoms with Crippen molar-refractivity contribution in [3.63, 3.8) is 0 Å². The predicted molar refractivity (Wildman–Crippen MR) is 106 cm³/mol. The first-order valence-electron chi connectivity index (χ1n) is 9.96. The van der Waals surface area contributed by atoms with E-state index in [0.29, 0.717) is 12.5 Å². The van der Waals surface area contributed by atoms with Gasteiger partial charge in [0.25, 0.3) is 0 Å². The van der Waals surface area contributed by atoms with Crippen molar-refractivity contribution in [3.8, 4) is 6.07 Å². The Morgan fingerprint density at radius 2 is 1.89 bits per heavy atom. The molecule has 0 saturated carbocycles. The molecule has 0 spiro atoms. The van der Waals surface area contributed by atoms with Crippen molar-refractivity contribution in [2.45, 2.75) is 38.1 Å². The molecule has 3 nitrogen and oxygen atoms in total. The summed E-state index contributed by atoms with van der Waals surface area (Å²) < 4.78 is 13.8. The third kappa shape index (κ3) is 3.99. The number of hydrogen-bond acceptors (Lipinski definition) is 3. The quantitative estimate of drug-likeness (QED) is 0.805. The highest BCUT2D eigenvalue weighted by Gasteiger charge is 2.29. The van der Waals surface area contributed by atoms with Crippen molar-refractivity contribution in [2.24, 2.45) is 0 Å². The van der Waals surface area contributed by atoms with Crippen LogP contribution < -0.4 is 4.90 Å². The van der Waals surface area contributed by atoms with Crippen molar-refractivity contribution in [1.29, 1.82) is 5.26 Å². The minimum absolute atomic E-state index is 0.0887. The van der Waals surface area contributed by atoms with Crippen molar-refractivity contribution >= 4 is 5.69 Å². The van der Waals surface area contributed by atoms with Crippen LogP contribution in [0.2, 0.25) is 0 Å². The fourth-order valence-electron chi connectivity index (χ4n) is 4.46. The van der Waals surface area contributed by atoms with Crippen LogP contribution in [0.3, 0.4) is 0 Å². The van der Waals surface area contributed by atoms with Crippen LogP contribution in [0, 0.1) is 17.1 Å². The zero-order valence-electron chi connectivity index (χ0n) is 15.7. The van der Waals surface area contributed by atoms with Crippen LogP contribution >= 0.6 is 0 Å². The summed E-state index contributed by atoms with van der Waals surface area (Å²) in [6.45, 7) is 4.16. The number of rotatable bonds is 5. The van der Waals surface area contributed by atoms with E-state index in [2.05, 4.69) is 34.1 Å². The lowest BCUT2D eigenvalue weighted by Crippen LogP contribution is -2.45. The molecule has 0 N–H and O–H groups in total. The Bertz CT molecular complexity index is 834. The van der Waals surface area contributed by atoms with E-state index in [4.69, 9.17) is 5.26 Å². The van der Waals surface area contributed by atoms with Gasteiger partial charge in [0.1, 0.15) is 5.82 Å². The van der Waals surface area contributed by atoms with Crippen LogP contribution in [0.4, 0.5) is 10.1 Å². The average Bonchev–Trinajstić information content (AvgIpc) is 3.11. The summed E-state index contributed by atoms with van der Waals surface area (Å²) in [6.07, 6.45) is 4.67. The zero-order chi connectivity index (χ0) is 18.6. The smallest absolute Gasteiger partial charge is 0.126 e. The summed E-state index contributed by atoms with van der Waals surface area (Å²) in [7, 11) is 0. The van der Waals surface area contributed by atoms with Crippen LogP contribution in [0.15, 0.2) is 42.5 Å². The van der Waals surface area contributed by atoms with Gasteiger partial charge in [0.05, 0.1) is 12.5 Å². The molecule has 0 aromatic heterocycles. The van der Waals surface area contributed by atoms with E-state index >= 15 is 0 Å². The van der Waals surface area contributed by atoms with E-state index in [0.717, 1.165) is 63.0 Å². The van der Waals surface area contributed by atoms with Crippen molar-refractivity contribution < 1.29 is 4.39 Å². The average molecular weight is 363 g/mol. The maximum Gasteiger partial charge on any atom is 0.126 e. The van der Waals surface area contributed by atoms with Gasteiger partial charge >= 0.3 is 0 Å². The van der Waals surface area contributed by atoms with Crippen LogP contribution in [0.25, 0.3) is 0 Å². The summed E-state index contributed by atoms with van der Waals surface area (Å²) in [5.74, 6) is -0.0887. The molecule has 4 heteroatoms. The number of anilines is 1. The van der Waals surface area contributed by atoms with Crippen LogP contribution in [0.5, 0.6) is 0 Å². The number of fused-ring (bicyclic) bond motifs is 1. The SMILES string of the molecule is N#CCc1ccc2c(c1)N(C1CCN(CCc3ccccc3F)CC1)CC2. The molecule has 2 aromatic rings. The van der Waals surface area contributed by atoms with Gasteiger partial charge in [-0.25, -0.2) is 4.39 Å². The molecule has 4 rings (SSSR count). The fourth-order valence-corrected chi connectivity index (χ4v) is 4.46. The van der Waals surface area contributed by atoms with Gasteiger partial charge in [0.15, 0.2) is 0 Å². The molecular weight excluding hydrogens is 337 g/mol. The summed E-state index contributed by atoms with van der Waals surface area (Å²) in [5.41, 5.74) is 4.69. The predicted octanol–water partition coefficient (Wildman–Crippen LogP) is 3.96. The van der Waals surface area contributed by atoms with Gasteiger partial charge in [-0.15, -0.1) is 0 Å². The third-order valence-corrected chi connectivity index (χ3v) is 6.02. The second kappa shape index (κ2) is 8.10.